The molecule has 0 unspecified atom stereocenters. The number of nitrogens with zero attached hydrogens (tertiary/aromatic N) is 3. The van der Waals surface area contributed by atoms with Gasteiger partial charge in [0.1, 0.15) is 0 Å². The monoisotopic (exact) mass is 394 g/mol. The minimum atomic E-state index is -3.47. The van der Waals surface area contributed by atoms with Crippen molar-refractivity contribution in [3.8, 4) is 0 Å². The Morgan fingerprint density at radius 3 is 2.11 bits per heavy atom. The molecule has 0 aromatic heterocycles. The zero-order valence-electron chi connectivity index (χ0n) is 16.1. The van der Waals surface area contributed by atoms with Gasteiger partial charge in [0.05, 0.1) is 11.4 Å². The van der Waals surface area contributed by atoms with Crippen LogP contribution in [0.15, 0.2) is 29.2 Å². The predicted octanol–water partition coefficient (Wildman–Crippen LogP) is 1.44. The van der Waals surface area contributed by atoms with Crippen LogP contribution in [0.1, 0.15) is 25.7 Å². The number of nitrogens with one attached hydrogen (secondary N) is 1. The van der Waals surface area contributed by atoms with Crippen LogP contribution in [0.3, 0.4) is 0 Å². The second-order valence-corrected chi connectivity index (χ2v) is 9.41. The second-order valence-electron chi connectivity index (χ2n) is 7.47. The van der Waals surface area contributed by atoms with Gasteiger partial charge in [-0.2, -0.15) is 4.31 Å². The molecule has 2 fully saturated rings. The van der Waals surface area contributed by atoms with Crippen molar-refractivity contribution in [3.05, 3.63) is 24.3 Å². The number of likely N-dealkylation sites (N-methyl/N-ethyl adjacent to an activating group) is 1. The van der Waals surface area contributed by atoms with E-state index >= 15 is 0 Å². The minimum absolute atomic E-state index is 0.0495. The first-order valence-electron chi connectivity index (χ1n) is 9.76. The summed E-state index contributed by atoms with van der Waals surface area (Å²) < 4.78 is 27.0. The number of sulfonamides is 1. The van der Waals surface area contributed by atoms with E-state index in [1.165, 1.54) is 17.1 Å². The fourth-order valence-electron chi connectivity index (χ4n) is 3.59. The lowest BCUT2D eigenvalue weighted by Crippen LogP contribution is -2.46. The molecule has 0 atom stereocenters. The molecule has 3 rings (SSSR count). The quantitative estimate of drug-likeness (QED) is 0.818. The molecule has 0 aliphatic carbocycles. The van der Waals surface area contributed by atoms with E-state index in [9.17, 15) is 13.2 Å². The van der Waals surface area contributed by atoms with E-state index in [-0.39, 0.29) is 10.8 Å². The number of carbonyl (C=O) groups is 1. The Hall–Kier alpha value is -1.48. The largest absolute Gasteiger partial charge is 0.325 e. The van der Waals surface area contributed by atoms with Crippen LogP contribution >= 0.6 is 0 Å². The van der Waals surface area contributed by atoms with Crippen molar-refractivity contribution in [1.82, 2.24) is 14.1 Å². The van der Waals surface area contributed by atoms with Crippen LogP contribution in [0, 0.1) is 0 Å². The van der Waals surface area contributed by atoms with Crippen LogP contribution in [-0.2, 0) is 14.8 Å². The smallest absolute Gasteiger partial charge is 0.243 e. The standard InChI is InChI=1S/C19H30N4O3S/c1-21-12-14-23(15-13-21)27(25,26)18-8-6-17(7-9-18)20-19(24)16-22-10-4-2-3-5-11-22/h6-9H,2-5,10-16H2,1H3,(H,20,24). The minimum Gasteiger partial charge on any atom is -0.325 e. The van der Waals surface area contributed by atoms with E-state index in [0.29, 0.717) is 25.3 Å². The molecule has 0 spiro atoms. The van der Waals surface area contributed by atoms with Crippen LogP contribution in [0.2, 0.25) is 0 Å². The Balaban J connectivity index is 1.57. The van der Waals surface area contributed by atoms with Gasteiger partial charge in [-0.15, -0.1) is 0 Å². The second kappa shape index (κ2) is 9.14. The number of likely N-dealkylation sites (tertiary alicyclic amines) is 1. The van der Waals surface area contributed by atoms with Gasteiger partial charge in [0.2, 0.25) is 15.9 Å². The predicted molar refractivity (Wildman–Crippen MR) is 106 cm³/mol. The van der Waals surface area contributed by atoms with Gasteiger partial charge in [-0.1, -0.05) is 12.8 Å². The van der Waals surface area contributed by atoms with Crippen molar-refractivity contribution in [2.75, 3.05) is 58.2 Å². The summed E-state index contributed by atoms with van der Waals surface area (Å²) >= 11 is 0. The van der Waals surface area contributed by atoms with Gasteiger partial charge in [-0.3, -0.25) is 9.69 Å². The fourth-order valence-corrected chi connectivity index (χ4v) is 5.01. The third-order valence-corrected chi connectivity index (χ3v) is 7.22. The molecule has 1 N–H and O–H groups in total. The van der Waals surface area contributed by atoms with Crippen molar-refractivity contribution in [2.45, 2.75) is 30.6 Å². The molecule has 0 saturated carbocycles. The molecule has 0 radical (unpaired) electrons. The van der Waals surface area contributed by atoms with Crippen LogP contribution in [0.25, 0.3) is 0 Å². The molecule has 2 heterocycles. The van der Waals surface area contributed by atoms with Gasteiger partial charge < -0.3 is 10.2 Å². The Morgan fingerprint density at radius 2 is 1.52 bits per heavy atom. The molecule has 2 saturated heterocycles. The van der Waals surface area contributed by atoms with E-state index in [4.69, 9.17) is 0 Å². The average molecular weight is 395 g/mol. The van der Waals surface area contributed by atoms with E-state index in [0.717, 1.165) is 39.0 Å². The van der Waals surface area contributed by atoms with Gasteiger partial charge in [0, 0.05) is 31.9 Å². The first-order chi connectivity index (χ1) is 12.9. The molecule has 150 valence electrons. The maximum atomic E-state index is 12.7. The van der Waals surface area contributed by atoms with Gasteiger partial charge in [0.25, 0.3) is 0 Å². The SMILES string of the molecule is CN1CCN(S(=O)(=O)c2ccc(NC(=O)CN3CCCCCC3)cc2)CC1. The Kier molecular flexibility index (Phi) is 6.86. The first kappa shape index (κ1) is 20.3. The maximum absolute atomic E-state index is 12.7. The molecule has 2 aliphatic rings. The molecule has 1 amide bonds. The van der Waals surface area contributed by atoms with Crippen molar-refractivity contribution in [2.24, 2.45) is 0 Å². The molecule has 0 bridgehead atoms. The molecule has 7 nitrogen and oxygen atoms in total. The lowest BCUT2D eigenvalue weighted by atomic mass is 10.2. The number of hydrogen-bond acceptors (Lipinski definition) is 5. The van der Waals surface area contributed by atoms with Crippen LogP contribution in [-0.4, -0.2) is 81.3 Å². The van der Waals surface area contributed by atoms with E-state index in [2.05, 4.69) is 15.1 Å². The maximum Gasteiger partial charge on any atom is 0.243 e. The summed E-state index contributed by atoms with van der Waals surface area (Å²) in [6.07, 6.45) is 4.76. The van der Waals surface area contributed by atoms with Crippen LogP contribution in [0.4, 0.5) is 5.69 Å². The zero-order valence-corrected chi connectivity index (χ0v) is 16.9. The Labute approximate surface area is 162 Å². The van der Waals surface area contributed by atoms with Gasteiger partial charge in [-0.05, 0) is 57.2 Å². The Morgan fingerprint density at radius 1 is 0.926 bits per heavy atom. The summed E-state index contributed by atoms with van der Waals surface area (Å²) in [5.41, 5.74) is 0.632. The van der Waals surface area contributed by atoms with Crippen molar-refractivity contribution in [1.29, 1.82) is 0 Å². The number of amides is 1. The summed E-state index contributed by atoms with van der Waals surface area (Å²) in [5, 5.41) is 2.88. The lowest BCUT2D eigenvalue weighted by Gasteiger charge is -2.31. The number of piperazine rings is 1. The summed E-state index contributed by atoms with van der Waals surface area (Å²) in [6.45, 7) is 4.82. The van der Waals surface area contributed by atoms with Gasteiger partial charge >= 0.3 is 0 Å². The van der Waals surface area contributed by atoms with Crippen molar-refractivity contribution >= 4 is 21.6 Å². The fraction of sp³-hybridized carbons (Fsp3) is 0.632. The molecule has 27 heavy (non-hydrogen) atoms. The normalized spacial score (nSPS) is 20.9. The molecule has 2 aliphatic heterocycles. The van der Waals surface area contributed by atoms with E-state index in [1.807, 2.05) is 7.05 Å². The summed E-state index contributed by atoms with van der Waals surface area (Å²) in [4.78, 5) is 16.9. The highest BCUT2D eigenvalue weighted by Gasteiger charge is 2.27. The van der Waals surface area contributed by atoms with Crippen molar-refractivity contribution in [3.63, 3.8) is 0 Å². The molecule has 8 heteroatoms. The van der Waals surface area contributed by atoms with E-state index in [1.54, 1.807) is 24.3 Å². The van der Waals surface area contributed by atoms with Gasteiger partial charge in [-0.25, -0.2) is 8.42 Å². The summed E-state index contributed by atoms with van der Waals surface area (Å²) in [6, 6.07) is 6.50. The Bertz CT molecular complexity index is 720. The molecule has 1 aromatic rings. The first-order valence-corrected chi connectivity index (χ1v) is 11.2. The topological polar surface area (TPSA) is 73.0 Å². The zero-order chi connectivity index (χ0) is 19.3. The number of carbonyl (C=O) groups excluding carboxylic acids is 1. The van der Waals surface area contributed by atoms with Crippen molar-refractivity contribution < 1.29 is 13.2 Å². The van der Waals surface area contributed by atoms with Crippen LogP contribution < -0.4 is 5.32 Å². The van der Waals surface area contributed by atoms with E-state index < -0.39 is 10.0 Å². The summed E-state index contributed by atoms with van der Waals surface area (Å²) in [5.74, 6) is -0.0495. The highest BCUT2D eigenvalue weighted by Crippen LogP contribution is 2.20. The molecular formula is C19H30N4O3S. The molecule has 1 aromatic carbocycles. The third-order valence-electron chi connectivity index (χ3n) is 5.30. The number of benzene rings is 1. The summed E-state index contributed by atoms with van der Waals surface area (Å²) in [7, 11) is -1.48. The third kappa shape index (κ3) is 5.51. The number of hydrogen-bond donors (Lipinski definition) is 1. The average Bonchev–Trinajstić information content (AvgIpc) is 2.91. The van der Waals surface area contributed by atoms with Crippen LogP contribution in [0.5, 0.6) is 0 Å². The lowest BCUT2D eigenvalue weighted by molar-refractivity contribution is -0.117. The van der Waals surface area contributed by atoms with Gasteiger partial charge in [0.15, 0.2) is 0 Å². The highest BCUT2D eigenvalue weighted by molar-refractivity contribution is 7.89. The highest BCUT2D eigenvalue weighted by atomic mass is 32.2. The number of rotatable bonds is 5. The number of anilines is 1. The molecular weight excluding hydrogens is 364 g/mol.